The molecule has 0 aliphatic heterocycles. The van der Waals surface area contributed by atoms with Crippen molar-refractivity contribution in [2.24, 2.45) is 0 Å². The van der Waals surface area contributed by atoms with E-state index in [1.807, 2.05) is 0 Å². The minimum atomic E-state index is -4.88. The predicted molar refractivity (Wildman–Crippen MR) is 60.8 cm³/mol. The lowest BCUT2D eigenvalue weighted by Crippen LogP contribution is -2.11. The number of aromatic nitrogens is 1. The maximum atomic E-state index is 12.9. The zero-order valence-corrected chi connectivity index (χ0v) is 9.63. The quantitative estimate of drug-likeness (QED) is 0.657. The van der Waals surface area contributed by atoms with Crippen molar-refractivity contribution in [1.82, 2.24) is 4.57 Å². The number of nitro benzene ring substituents is 1. The van der Waals surface area contributed by atoms with Crippen molar-refractivity contribution in [3.63, 3.8) is 0 Å². The molecule has 20 heavy (non-hydrogen) atoms. The summed E-state index contributed by atoms with van der Waals surface area (Å²) in [5, 5.41) is 29.5. The lowest BCUT2D eigenvalue weighted by atomic mass is 10.1. The summed E-state index contributed by atoms with van der Waals surface area (Å²) in [6, 6.07) is 3.99. The van der Waals surface area contributed by atoms with E-state index >= 15 is 0 Å². The second-order valence-electron chi connectivity index (χ2n) is 3.84. The van der Waals surface area contributed by atoms with Gasteiger partial charge in [0, 0.05) is 24.3 Å². The average Bonchev–Trinajstić information content (AvgIpc) is 2.67. The van der Waals surface area contributed by atoms with Crippen LogP contribution in [-0.2, 0) is 6.18 Å². The molecule has 106 valence electrons. The Bertz CT molecular complexity index is 659. The fourth-order valence-electron chi connectivity index (χ4n) is 1.72. The van der Waals surface area contributed by atoms with Crippen LogP contribution < -0.4 is 0 Å². The van der Waals surface area contributed by atoms with Gasteiger partial charge in [0.1, 0.15) is 0 Å². The fraction of sp³-hybridized carbons (Fsp3) is 0.0909. The van der Waals surface area contributed by atoms with Crippen molar-refractivity contribution >= 4 is 5.69 Å². The number of rotatable bonds is 2. The molecule has 0 atom stereocenters. The molecule has 1 heterocycles. The van der Waals surface area contributed by atoms with E-state index in [9.17, 15) is 33.5 Å². The van der Waals surface area contributed by atoms with Gasteiger partial charge in [0.25, 0.3) is 5.69 Å². The van der Waals surface area contributed by atoms with Crippen molar-refractivity contribution in [3.8, 4) is 17.4 Å². The maximum absolute atomic E-state index is 12.9. The Labute approximate surface area is 109 Å². The molecule has 0 unspecified atom stereocenters. The van der Waals surface area contributed by atoms with Crippen LogP contribution in [0.1, 0.15) is 5.56 Å². The number of aromatic hydroxyl groups is 2. The highest BCUT2D eigenvalue weighted by Crippen LogP contribution is 2.39. The molecule has 6 nitrogen and oxygen atoms in total. The summed E-state index contributed by atoms with van der Waals surface area (Å²) in [6.07, 6.45) is -4.88. The molecule has 0 amide bonds. The third-order valence-electron chi connectivity index (χ3n) is 2.58. The molecule has 0 saturated heterocycles. The molecule has 2 aromatic rings. The Balaban J connectivity index is 2.74. The molecule has 0 spiro atoms. The number of halogens is 3. The van der Waals surface area contributed by atoms with Gasteiger partial charge in [0.2, 0.25) is 0 Å². The molecule has 0 aliphatic rings. The molecule has 2 N–H and O–H groups in total. The van der Waals surface area contributed by atoms with Crippen LogP contribution in [0.5, 0.6) is 11.8 Å². The third kappa shape index (κ3) is 2.25. The first-order valence-corrected chi connectivity index (χ1v) is 5.17. The smallest absolute Gasteiger partial charge is 0.418 e. The van der Waals surface area contributed by atoms with E-state index in [0.29, 0.717) is 10.6 Å². The van der Waals surface area contributed by atoms with Gasteiger partial charge in [0.05, 0.1) is 16.2 Å². The maximum Gasteiger partial charge on any atom is 0.418 e. The molecule has 0 bridgehead atoms. The van der Waals surface area contributed by atoms with Crippen molar-refractivity contribution < 1.29 is 28.3 Å². The van der Waals surface area contributed by atoms with Crippen LogP contribution in [0.4, 0.5) is 18.9 Å². The lowest BCUT2D eigenvalue weighted by Gasteiger charge is -2.14. The fourth-order valence-corrected chi connectivity index (χ4v) is 1.72. The number of alkyl halides is 3. The molecular formula is C11H7F3N2O4. The van der Waals surface area contributed by atoms with Crippen molar-refractivity contribution in [2.45, 2.75) is 6.18 Å². The predicted octanol–water partition coefficient (Wildman–Crippen LogP) is 2.82. The molecule has 0 fully saturated rings. The Hall–Kier alpha value is -2.71. The zero-order chi connectivity index (χ0) is 15.1. The van der Waals surface area contributed by atoms with E-state index in [0.717, 1.165) is 24.3 Å². The monoisotopic (exact) mass is 288 g/mol. The number of benzene rings is 1. The van der Waals surface area contributed by atoms with E-state index in [1.165, 1.54) is 0 Å². The third-order valence-corrected chi connectivity index (χ3v) is 2.58. The number of nitro groups is 1. The van der Waals surface area contributed by atoms with E-state index in [2.05, 4.69) is 0 Å². The number of hydrogen-bond acceptors (Lipinski definition) is 4. The van der Waals surface area contributed by atoms with E-state index < -0.39 is 39.8 Å². The van der Waals surface area contributed by atoms with Crippen molar-refractivity contribution in [2.75, 3.05) is 0 Å². The zero-order valence-electron chi connectivity index (χ0n) is 9.63. The Morgan fingerprint density at radius 2 is 1.65 bits per heavy atom. The van der Waals surface area contributed by atoms with E-state index in [4.69, 9.17) is 0 Å². The molecule has 1 aromatic heterocycles. The van der Waals surface area contributed by atoms with Crippen LogP contribution in [-0.4, -0.2) is 19.7 Å². The van der Waals surface area contributed by atoms with Gasteiger partial charge in [-0.3, -0.25) is 14.7 Å². The standard InChI is InChI=1S/C11H7F3N2O4/c12-11(13,14)7-5-6(16(19)20)1-2-8(7)15-9(17)3-4-10(15)18/h1-5,17-18H. The van der Waals surface area contributed by atoms with Gasteiger partial charge in [-0.15, -0.1) is 0 Å². The SMILES string of the molecule is O=[N+]([O-])c1ccc(-n2c(O)ccc2O)c(C(F)(F)F)c1. The molecule has 0 saturated carbocycles. The topological polar surface area (TPSA) is 88.5 Å². The molecule has 0 radical (unpaired) electrons. The number of nitrogens with zero attached hydrogens (tertiary/aromatic N) is 2. The van der Waals surface area contributed by atoms with Crippen molar-refractivity contribution in [1.29, 1.82) is 0 Å². The van der Waals surface area contributed by atoms with Gasteiger partial charge < -0.3 is 10.2 Å². The minimum Gasteiger partial charge on any atom is -0.494 e. The van der Waals surface area contributed by atoms with Crippen LogP contribution in [0.25, 0.3) is 5.69 Å². The van der Waals surface area contributed by atoms with E-state index in [-0.39, 0.29) is 0 Å². The average molecular weight is 288 g/mol. The normalized spacial score (nSPS) is 11.6. The van der Waals surface area contributed by atoms with Gasteiger partial charge in [-0.05, 0) is 6.07 Å². The van der Waals surface area contributed by atoms with Gasteiger partial charge in [0.15, 0.2) is 11.8 Å². The highest BCUT2D eigenvalue weighted by Gasteiger charge is 2.36. The summed E-state index contributed by atoms with van der Waals surface area (Å²) in [6.45, 7) is 0. The van der Waals surface area contributed by atoms with Gasteiger partial charge >= 0.3 is 6.18 Å². The molecule has 2 rings (SSSR count). The minimum absolute atomic E-state index is 0.341. The van der Waals surface area contributed by atoms with Gasteiger partial charge in [-0.1, -0.05) is 0 Å². The summed E-state index contributed by atoms with van der Waals surface area (Å²) in [5.41, 5.74) is -2.69. The first-order valence-electron chi connectivity index (χ1n) is 5.17. The molecule has 1 aromatic carbocycles. The molecule has 9 heteroatoms. The highest BCUT2D eigenvalue weighted by atomic mass is 19.4. The van der Waals surface area contributed by atoms with Gasteiger partial charge in [-0.25, -0.2) is 0 Å². The number of non-ortho nitro benzene ring substituents is 1. The van der Waals surface area contributed by atoms with Crippen LogP contribution >= 0.6 is 0 Å². The van der Waals surface area contributed by atoms with Gasteiger partial charge in [-0.2, -0.15) is 13.2 Å². The summed E-state index contributed by atoms with van der Waals surface area (Å²) < 4.78 is 39.4. The lowest BCUT2D eigenvalue weighted by molar-refractivity contribution is -0.385. The first-order chi connectivity index (χ1) is 9.21. The number of hydrogen-bond donors (Lipinski definition) is 2. The first kappa shape index (κ1) is 13.7. The summed E-state index contributed by atoms with van der Waals surface area (Å²) in [7, 11) is 0. The molecule has 0 aliphatic carbocycles. The summed E-state index contributed by atoms with van der Waals surface area (Å²) in [4.78, 5) is 9.58. The van der Waals surface area contributed by atoms with Crippen molar-refractivity contribution in [3.05, 3.63) is 46.0 Å². The van der Waals surface area contributed by atoms with E-state index in [1.54, 1.807) is 0 Å². The Morgan fingerprint density at radius 3 is 2.10 bits per heavy atom. The van der Waals surface area contributed by atoms with Crippen LogP contribution in [0, 0.1) is 10.1 Å². The largest absolute Gasteiger partial charge is 0.494 e. The second-order valence-corrected chi connectivity index (χ2v) is 3.84. The van der Waals surface area contributed by atoms with Crippen LogP contribution in [0.2, 0.25) is 0 Å². The highest BCUT2D eigenvalue weighted by molar-refractivity contribution is 5.53. The van der Waals surface area contributed by atoms with Crippen LogP contribution in [0.3, 0.4) is 0 Å². The Morgan fingerprint density at radius 1 is 1.10 bits per heavy atom. The second kappa shape index (κ2) is 4.44. The molecular weight excluding hydrogens is 281 g/mol. The summed E-state index contributed by atoms with van der Waals surface area (Å²) in [5.74, 6) is -1.25. The van der Waals surface area contributed by atoms with Crippen LogP contribution in [0.15, 0.2) is 30.3 Å². The summed E-state index contributed by atoms with van der Waals surface area (Å²) >= 11 is 0. The Kier molecular flexibility index (Phi) is 3.04.